The quantitative estimate of drug-likeness (QED) is 0.622. The third-order valence-electron chi connectivity index (χ3n) is 6.34. The lowest BCUT2D eigenvalue weighted by molar-refractivity contribution is 0.0217. The number of fused-ring (bicyclic) bond motifs is 2. The number of amides is 1. The molecule has 1 aromatic carbocycles. The summed E-state index contributed by atoms with van der Waals surface area (Å²) in [5.74, 6) is 1.46. The number of hydrogen-bond donors (Lipinski definition) is 1. The summed E-state index contributed by atoms with van der Waals surface area (Å²) < 4.78 is 14.0. The molecular weight excluding hydrogens is 418 g/mol. The largest absolute Gasteiger partial charge is 0.484 e. The average Bonchev–Trinajstić information content (AvgIpc) is 3.41. The van der Waals surface area contributed by atoms with E-state index in [4.69, 9.17) is 15.2 Å². The van der Waals surface area contributed by atoms with Gasteiger partial charge < -0.3 is 15.2 Å². The highest BCUT2D eigenvalue weighted by molar-refractivity contribution is 5.69. The maximum absolute atomic E-state index is 12.8. The molecule has 3 aromatic rings. The minimum absolute atomic E-state index is 0.0502. The van der Waals surface area contributed by atoms with Gasteiger partial charge in [-0.1, -0.05) is 24.3 Å². The number of ether oxygens (including phenoxy) is 2. The Kier molecular flexibility index (Phi) is 5.48. The Labute approximate surface area is 193 Å². The molecule has 3 atom stereocenters. The summed E-state index contributed by atoms with van der Waals surface area (Å²) in [5.41, 5.74) is 8.78. The molecule has 33 heavy (non-hydrogen) atoms. The van der Waals surface area contributed by atoms with Crippen molar-refractivity contribution in [2.45, 2.75) is 70.2 Å². The van der Waals surface area contributed by atoms with Crippen molar-refractivity contribution in [1.29, 1.82) is 0 Å². The maximum atomic E-state index is 12.8. The van der Waals surface area contributed by atoms with Gasteiger partial charge in [0.25, 0.3) is 0 Å². The van der Waals surface area contributed by atoms with Crippen LogP contribution in [0.25, 0.3) is 5.65 Å². The van der Waals surface area contributed by atoms with Crippen molar-refractivity contribution in [3.05, 3.63) is 59.5 Å². The standard InChI is InChI=1S/C25H31N5O3/c1-25(2,3)33-24(31)29-14-6-9-20(29)23-28-27-22-13-10-16(15-30(22)23)32-21-12-11-19(26)17-7-4-5-8-18(17)21/h4-5,7-8,10,13,15,19-21H,6,9,11-12,14,26H2,1-3H3/t19-,20-,21?/m0/s1. The highest BCUT2D eigenvalue weighted by Gasteiger charge is 2.36. The van der Waals surface area contributed by atoms with Crippen molar-refractivity contribution < 1.29 is 14.3 Å². The number of nitrogens with zero attached hydrogens (tertiary/aromatic N) is 4. The molecule has 0 bridgehead atoms. The smallest absolute Gasteiger partial charge is 0.410 e. The van der Waals surface area contributed by atoms with E-state index in [1.54, 1.807) is 4.90 Å². The topological polar surface area (TPSA) is 95.0 Å². The number of rotatable bonds is 3. The van der Waals surface area contributed by atoms with Gasteiger partial charge in [0.05, 0.1) is 12.2 Å². The fourth-order valence-corrected chi connectivity index (χ4v) is 4.83. The van der Waals surface area contributed by atoms with Crippen LogP contribution < -0.4 is 10.5 Å². The van der Waals surface area contributed by atoms with E-state index in [9.17, 15) is 4.79 Å². The molecule has 1 unspecified atom stereocenters. The fourth-order valence-electron chi connectivity index (χ4n) is 4.83. The molecule has 1 saturated heterocycles. The maximum Gasteiger partial charge on any atom is 0.410 e. The number of nitrogens with two attached hydrogens (primary N) is 1. The Morgan fingerprint density at radius 3 is 2.64 bits per heavy atom. The second-order valence-electron chi connectivity index (χ2n) is 9.90. The van der Waals surface area contributed by atoms with Gasteiger partial charge in [0.1, 0.15) is 17.5 Å². The molecule has 0 saturated carbocycles. The number of benzene rings is 1. The lowest BCUT2D eigenvalue weighted by atomic mass is 9.86. The third kappa shape index (κ3) is 4.27. The van der Waals surface area contributed by atoms with Crippen LogP contribution in [0.5, 0.6) is 5.75 Å². The Morgan fingerprint density at radius 2 is 1.85 bits per heavy atom. The lowest BCUT2D eigenvalue weighted by Gasteiger charge is -2.30. The van der Waals surface area contributed by atoms with E-state index >= 15 is 0 Å². The van der Waals surface area contributed by atoms with Gasteiger partial charge >= 0.3 is 6.09 Å². The zero-order chi connectivity index (χ0) is 23.2. The molecular formula is C25H31N5O3. The number of hydrogen-bond acceptors (Lipinski definition) is 6. The van der Waals surface area contributed by atoms with Crippen molar-refractivity contribution in [2.75, 3.05) is 6.54 Å². The molecule has 8 nitrogen and oxygen atoms in total. The summed E-state index contributed by atoms with van der Waals surface area (Å²) >= 11 is 0. The van der Waals surface area contributed by atoms with Crippen LogP contribution in [0, 0.1) is 0 Å². The van der Waals surface area contributed by atoms with Crippen LogP contribution in [0.3, 0.4) is 0 Å². The minimum atomic E-state index is -0.545. The first-order valence-corrected chi connectivity index (χ1v) is 11.7. The molecule has 0 radical (unpaired) electrons. The van der Waals surface area contributed by atoms with Gasteiger partial charge in [0.15, 0.2) is 11.5 Å². The molecule has 2 aromatic heterocycles. The molecule has 1 amide bonds. The monoisotopic (exact) mass is 449 g/mol. The highest BCUT2D eigenvalue weighted by atomic mass is 16.6. The van der Waals surface area contributed by atoms with Crippen molar-refractivity contribution in [3.8, 4) is 5.75 Å². The Balaban J connectivity index is 1.42. The van der Waals surface area contributed by atoms with Crippen LogP contribution in [-0.4, -0.2) is 37.7 Å². The summed E-state index contributed by atoms with van der Waals surface area (Å²) in [7, 11) is 0. The zero-order valence-corrected chi connectivity index (χ0v) is 19.4. The van der Waals surface area contributed by atoms with Crippen molar-refractivity contribution in [1.82, 2.24) is 19.5 Å². The molecule has 1 fully saturated rings. The number of aromatic nitrogens is 3. The van der Waals surface area contributed by atoms with Gasteiger partial charge in [0, 0.05) is 12.6 Å². The number of likely N-dealkylation sites (tertiary alicyclic amines) is 1. The summed E-state index contributed by atoms with van der Waals surface area (Å²) in [4.78, 5) is 14.5. The Hall–Kier alpha value is -3.13. The van der Waals surface area contributed by atoms with E-state index in [1.807, 2.05) is 55.6 Å². The highest BCUT2D eigenvalue weighted by Crippen LogP contribution is 2.38. The SMILES string of the molecule is CC(C)(C)OC(=O)N1CCC[C@H]1c1nnc2ccc(OC3CC[C@H](N)c4ccccc43)cn12. The fraction of sp³-hybridized carbons (Fsp3) is 0.480. The molecule has 2 N–H and O–H groups in total. The van der Waals surface area contributed by atoms with Crippen LogP contribution in [0.2, 0.25) is 0 Å². The number of pyridine rings is 1. The summed E-state index contributed by atoms with van der Waals surface area (Å²) in [6.45, 7) is 6.27. The second-order valence-corrected chi connectivity index (χ2v) is 9.90. The molecule has 8 heteroatoms. The van der Waals surface area contributed by atoms with E-state index in [2.05, 4.69) is 22.3 Å². The number of carbonyl (C=O) groups excluding carboxylic acids is 1. The first kappa shape index (κ1) is 21.7. The first-order chi connectivity index (χ1) is 15.8. The van der Waals surface area contributed by atoms with E-state index < -0.39 is 5.60 Å². The molecule has 3 heterocycles. The van der Waals surface area contributed by atoms with Crippen molar-refractivity contribution >= 4 is 11.7 Å². The Morgan fingerprint density at radius 1 is 1.06 bits per heavy atom. The molecule has 0 spiro atoms. The summed E-state index contributed by atoms with van der Waals surface area (Å²) in [6.07, 6.45) is 5.02. The predicted octanol–water partition coefficient (Wildman–Crippen LogP) is 4.72. The van der Waals surface area contributed by atoms with Gasteiger partial charge in [-0.3, -0.25) is 9.30 Å². The zero-order valence-electron chi connectivity index (χ0n) is 19.4. The van der Waals surface area contributed by atoms with E-state index in [0.29, 0.717) is 6.54 Å². The van der Waals surface area contributed by atoms with E-state index in [0.717, 1.165) is 54.0 Å². The van der Waals surface area contributed by atoms with Crippen LogP contribution in [0.1, 0.15) is 81.6 Å². The van der Waals surface area contributed by atoms with Crippen molar-refractivity contribution in [3.63, 3.8) is 0 Å². The number of carbonyl (C=O) groups is 1. The van der Waals surface area contributed by atoms with Crippen LogP contribution >= 0.6 is 0 Å². The summed E-state index contributed by atoms with van der Waals surface area (Å²) in [5, 5.41) is 8.76. The normalized spacial score (nSPS) is 22.9. The van der Waals surface area contributed by atoms with Gasteiger partial charge in [-0.15, -0.1) is 10.2 Å². The molecule has 2 aliphatic rings. The molecule has 174 valence electrons. The summed E-state index contributed by atoms with van der Waals surface area (Å²) in [6, 6.07) is 11.9. The van der Waals surface area contributed by atoms with E-state index in [-0.39, 0.29) is 24.3 Å². The molecule has 1 aliphatic heterocycles. The van der Waals surface area contributed by atoms with Gasteiger partial charge in [-0.25, -0.2) is 4.79 Å². The molecule has 5 rings (SSSR count). The third-order valence-corrected chi connectivity index (χ3v) is 6.34. The predicted molar refractivity (Wildman–Crippen MR) is 124 cm³/mol. The van der Waals surface area contributed by atoms with E-state index in [1.165, 1.54) is 0 Å². The minimum Gasteiger partial charge on any atom is -0.484 e. The van der Waals surface area contributed by atoms with Gasteiger partial charge in [0.2, 0.25) is 0 Å². The average molecular weight is 450 g/mol. The van der Waals surface area contributed by atoms with Crippen molar-refractivity contribution in [2.24, 2.45) is 5.73 Å². The van der Waals surface area contributed by atoms with Crippen LogP contribution in [0.15, 0.2) is 42.6 Å². The first-order valence-electron chi connectivity index (χ1n) is 11.7. The van der Waals surface area contributed by atoms with Gasteiger partial charge in [-0.2, -0.15) is 0 Å². The lowest BCUT2D eigenvalue weighted by Crippen LogP contribution is -2.37. The molecule has 1 aliphatic carbocycles. The van der Waals surface area contributed by atoms with Crippen LogP contribution in [-0.2, 0) is 4.74 Å². The van der Waals surface area contributed by atoms with Crippen LogP contribution in [0.4, 0.5) is 4.79 Å². The Bertz CT molecular complexity index is 1170. The second kappa shape index (κ2) is 8.33. The van der Waals surface area contributed by atoms with Gasteiger partial charge in [-0.05, 0) is 69.7 Å².